The molecule has 0 aromatic heterocycles. The quantitative estimate of drug-likeness (QED) is 0.761. The highest BCUT2D eigenvalue weighted by atomic mass is 32.8. The van der Waals surface area contributed by atoms with Crippen LogP contribution in [0.5, 0.6) is 0 Å². The van der Waals surface area contributed by atoms with Crippen molar-refractivity contribution >= 4 is 30.7 Å². The first kappa shape index (κ1) is 13.3. The van der Waals surface area contributed by atoms with E-state index in [-0.39, 0.29) is 13.0 Å². The van der Waals surface area contributed by atoms with Gasteiger partial charge < -0.3 is 4.74 Å². The minimum absolute atomic E-state index is 0.168. The lowest BCUT2D eigenvalue weighted by Crippen LogP contribution is -2.02. The normalized spacial score (nSPS) is 19.1. The van der Waals surface area contributed by atoms with Gasteiger partial charge in [0.05, 0.1) is 9.64 Å². The van der Waals surface area contributed by atoms with Crippen LogP contribution in [-0.4, -0.2) is 28.8 Å². The second-order valence-corrected chi connectivity index (χ2v) is 5.44. The average molecular weight is 268 g/mol. The van der Waals surface area contributed by atoms with Crippen molar-refractivity contribution < 1.29 is 17.7 Å². The molecule has 1 heterocycles. The monoisotopic (exact) mass is 268 g/mol. The number of allylic oxidation sites excluding steroid dienone is 1. The summed E-state index contributed by atoms with van der Waals surface area (Å²) in [5.41, 5.74) is 0. The van der Waals surface area contributed by atoms with Crippen LogP contribution in [0.4, 0.5) is 8.78 Å². The van der Waals surface area contributed by atoms with Gasteiger partial charge in [-0.3, -0.25) is 0 Å². The molecule has 16 heavy (non-hydrogen) atoms. The lowest BCUT2D eigenvalue weighted by Gasteiger charge is -1.94. The molecule has 0 aromatic carbocycles. The number of methoxy groups -OCH3 is 1. The molecule has 0 spiro atoms. The molecule has 0 saturated heterocycles. The number of ether oxygens (including phenoxy) is 1. The molecule has 0 aliphatic carbocycles. The average Bonchev–Trinajstić information content (AvgIpc) is 2.60. The molecule has 0 bridgehead atoms. The lowest BCUT2D eigenvalue weighted by atomic mass is 10.3. The Morgan fingerprint density at radius 2 is 2.38 bits per heavy atom. The molecule has 0 fully saturated rings. The van der Waals surface area contributed by atoms with E-state index in [9.17, 15) is 13.0 Å². The smallest absolute Gasteiger partial charge is 0.266 e. The standard InChI is InChI=1S/C8H10F2N2O2S2/c1-14-5-7-11-8(16(12-7)15-13)4-2-3-6(9)10/h3H,2,4-5H2,1H3. The van der Waals surface area contributed by atoms with Crippen molar-refractivity contribution in [3.63, 3.8) is 0 Å². The van der Waals surface area contributed by atoms with E-state index < -0.39 is 15.7 Å². The topological polar surface area (TPSA) is 51.0 Å². The van der Waals surface area contributed by atoms with Crippen molar-refractivity contribution in [2.45, 2.75) is 12.8 Å². The van der Waals surface area contributed by atoms with Gasteiger partial charge in [-0.05, 0) is 12.5 Å². The van der Waals surface area contributed by atoms with Crippen LogP contribution in [0.1, 0.15) is 12.8 Å². The van der Waals surface area contributed by atoms with Gasteiger partial charge in [0.2, 0.25) is 0 Å². The minimum atomic E-state index is -1.72. The first-order valence-electron chi connectivity index (χ1n) is 4.37. The van der Waals surface area contributed by atoms with Crippen LogP contribution in [0, 0.1) is 0 Å². The summed E-state index contributed by atoms with van der Waals surface area (Å²) in [6, 6.07) is 0. The van der Waals surface area contributed by atoms with E-state index in [0.717, 1.165) is 6.08 Å². The van der Waals surface area contributed by atoms with E-state index in [2.05, 4.69) is 9.39 Å². The van der Waals surface area contributed by atoms with Crippen LogP contribution in [0.15, 0.2) is 21.5 Å². The maximum atomic E-state index is 11.8. The molecule has 1 unspecified atom stereocenters. The van der Waals surface area contributed by atoms with Gasteiger partial charge in [-0.15, -0.1) is 0 Å². The summed E-state index contributed by atoms with van der Waals surface area (Å²) < 4.78 is 43.2. The fourth-order valence-corrected chi connectivity index (χ4v) is 2.96. The molecule has 0 N–H and O–H groups in total. The molecule has 1 aliphatic rings. The Hall–Kier alpha value is -0.730. The number of amidine groups is 1. The minimum Gasteiger partial charge on any atom is -0.377 e. The van der Waals surface area contributed by atoms with E-state index in [1.54, 1.807) is 0 Å². The first-order valence-corrected chi connectivity index (χ1v) is 6.81. The molecule has 4 nitrogen and oxygen atoms in total. The predicted octanol–water partition coefficient (Wildman–Crippen LogP) is 1.67. The fraction of sp³-hybridized carbons (Fsp3) is 0.500. The van der Waals surface area contributed by atoms with Gasteiger partial charge in [-0.1, -0.05) is 0 Å². The highest BCUT2D eigenvalue weighted by molar-refractivity contribution is 8.39. The Morgan fingerprint density at radius 3 is 2.94 bits per heavy atom. The number of nitrogens with zero attached hydrogens (tertiary/aromatic N) is 2. The van der Waals surface area contributed by atoms with Gasteiger partial charge in [0.15, 0.2) is 5.84 Å². The Balaban J connectivity index is 2.64. The van der Waals surface area contributed by atoms with Gasteiger partial charge in [-0.25, -0.2) is 9.20 Å². The SMILES string of the molecule is COCC1=NS(=S=O)C(CCC=C(F)F)=N1. The largest absolute Gasteiger partial charge is 0.377 e. The van der Waals surface area contributed by atoms with Crippen molar-refractivity contribution in [1.29, 1.82) is 0 Å². The molecule has 0 radical (unpaired) electrons. The second-order valence-electron chi connectivity index (χ2n) is 2.80. The van der Waals surface area contributed by atoms with Gasteiger partial charge in [0.25, 0.3) is 6.08 Å². The summed E-state index contributed by atoms with van der Waals surface area (Å²) in [6.45, 7) is 0.237. The number of hydrogen-bond acceptors (Lipinski definition) is 3. The maximum absolute atomic E-state index is 11.8. The highest BCUT2D eigenvalue weighted by Gasteiger charge is 2.15. The van der Waals surface area contributed by atoms with Crippen LogP contribution < -0.4 is 0 Å². The van der Waals surface area contributed by atoms with E-state index in [1.165, 1.54) is 7.11 Å². The van der Waals surface area contributed by atoms with Crippen molar-refractivity contribution in [3.8, 4) is 0 Å². The van der Waals surface area contributed by atoms with Crippen LogP contribution in [0.2, 0.25) is 0 Å². The van der Waals surface area contributed by atoms with Crippen molar-refractivity contribution in [2.24, 2.45) is 9.39 Å². The van der Waals surface area contributed by atoms with Gasteiger partial charge >= 0.3 is 0 Å². The third-order valence-corrected chi connectivity index (χ3v) is 4.03. The first-order chi connectivity index (χ1) is 7.67. The van der Waals surface area contributed by atoms with Crippen molar-refractivity contribution in [1.82, 2.24) is 0 Å². The summed E-state index contributed by atoms with van der Waals surface area (Å²) in [5, 5.41) is 0.560. The zero-order chi connectivity index (χ0) is 12.0. The van der Waals surface area contributed by atoms with E-state index in [4.69, 9.17) is 4.74 Å². The lowest BCUT2D eigenvalue weighted by molar-refractivity contribution is 0.245. The van der Waals surface area contributed by atoms with Gasteiger partial charge in [0, 0.05) is 13.5 Å². The third kappa shape index (κ3) is 4.03. The molecular weight excluding hydrogens is 258 g/mol. The summed E-state index contributed by atoms with van der Waals surface area (Å²) in [4.78, 5) is 4.09. The maximum Gasteiger partial charge on any atom is 0.266 e. The number of rotatable bonds is 5. The Kier molecular flexibility index (Phi) is 5.64. The van der Waals surface area contributed by atoms with E-state index >= 15 is 0 Å². The molecule has 0 aromatic rings. The Morgan fingerprint density at radius 1 is 1.62 bits per heavy atom. The van der Waals surface area contributed by atoms with E-state index in [0.29, 0.717) is 27.5 Å². The van der Waals surface area contributed by atoms with Crippen LogP contribution in [0.25, 0.3) is 0 Å². The highest BCUT2D eigenvalue weighted by Crippen LogP contribution is 2.11. The van der Waals surface area contributed by atoms with Crippen LogP contribution in [-0.2, 0) is 24.6 Å². The zero-order valence-electron chi connectivity index (χ0n) is 8.48. The second kappa shape index (κ2) is 6.77. The Bertz CT molecular complexity index is 410. The summed E-state index contributed by atoms with van der Waals surface area (Å²) in [7, 11) is 0.951. The zero-order valence-corrected chi connectivity index (χ0v) is 10.1. The summed E-state index contributed by atoms with van der Waals surface area (Å²) >= 11 is 0. The summed E-state index contributed by atoms with van der Waals surface area (Å²) in [5.74, 6) is 0.453. The molecule has 8 heteroatoms. The third-order valence-electron chi connectivity index (χ3n) is 1.64. The molecule has 1 atom stereocenters. The molecular formula is C8H10F2N2O2S2. The molecule has 1 rings (SSSR count). The molecule has 90 valence electrons. The van der Waals surface area contributed by atoms with Crippen molar-refractivity contribution in [2.75, 3.05) is 13.7 Å². The van der Waals surface area contributed by atoms with Crippen LogP contribution >= 0.6 is 0 Å². The molecule has 0 saturated carbocycles. The predicted molar refractivity (Wildman–Crippen MR) is 61.8 cm³/mol. The molecule has 1 aliphatic heterocycles. The number of hydrogen-bond donors (Lipinski definition) is 0. The fourth-order valence-electron chi connectivity index (χ4n) is 1.04. The number of halogens is 2. The van der Waals surface area contributed by atoms with Gasteiger partial charge in [0.1, 0.15) is 21.9 Å². The van der Waals surface area contributed by atoms with Gasteiger partial charge in [-0.2, -0.15) is 13.2 Å². The van der Waals surface area contributed by atoms with E-state index in [1.807, 2.05) is 0 Å². The molecule has 0 amide bonds. The Labute approximate surface area is 96.9 Å². The summed E-state index contributed by atoms with van der Waals surface area (Å²) in [6.07, 6.45) is -0.410. The number of aliphatic imine (C=N–C) groups is 1. The van der Waals surface area contributed by atoms with Crippen LogP contribution in [0.3, 0.4) is 0 Å². The van der Waals surface area contributed by atoms with Crippen molar-refractivity contribution in [3.05, 3.63) is 12.2 Å².